The van der Waals surface area contributed by atoms with Crippen LogP contribution in [-0.4, -0.2) is 12.6 Å². The molecule has 0 N–H and O–H groups in total. The second-order valence-electron chi connectivity index (χ2n) is 3.02. The van der Waals surface area contributed by atoms with Crippen LogP contribution in [0.4, 0.5) is 0 Å². The van der Waals surface area contributed by atoms with E-state index < -0.39 is 0 Å². The van der Waals surface area contributed by atoms with E-state index >= 15 is 0 Å². The summed E-state index contributed by atoms with van der Waals surface area (Å²) in [5, 5.41) is 0. The summed E-state index contributed by atoms with van der Waals surface area (Å²) < 4.78 is 4.88. The van der Waals surface area contributed by atoms with E-state index in [1.165, 1.54) is 5.56 Å². The van der Waals surface area contributed by atoms with Crippen molar-refractivity contribution >= 4 is 5.97 Å². The van der Waals surface area contributed by atoms with Crippen molar-refractivity contribution in [3.63, 3.8) is 0 Å². The first-order chi connectivity index (χ1) is 7.15. The van der Waals surface area contributed by atoms with Crippen LogP contribution in [0.3, 0.4) is 0 Å². The monoisotopic (exact) mass is 208 g/mol. The summed E-state index contributed by atoms with van der Waals surface area (Å²) >= 11 is 0. The van der Waals surface area contributed by atoms with Crippen LogP contribution in [0, 0.1) is 13.8 Å². The van der Waals surface area contributed by atoms with Gasteiger partial charge in [0, 0.05) is 0 Å². The van der Waals surface area contributed by atoms with Crippen molar-refractivity contribution in [2.45, 2.75) is 34.6 Å². The average Bonchev–Trinajstić information content (AvgIpc) is 2.25. The summed E-state index contributed by atoms with van der Waals surface area (Å²) in [7, 11) is 0. The Hall–Kier alpha value is -1.31. The molecule has 15 heavy (non-hydrogen) atoms. The Morgan fingerprint density at radius 3 is 2.27 bits per heavy atom. The van der Waals surface area contributed by atoms with Gasteiger partial charge in [0.15, 0.2) is 0 Å². The van der Waals surface area contributed by atoms with Crippen molar-refractivity contribution in [3.05, 3.63) is 34.9 Å². The number of carbonyl (C=O) groups is 1. The van der Waals surface area contributed by atoms with E-state index in [1.807, 2.05) is 39.8 Å². The molecule has 0 aliphatic heterocycles. The quantitative estimate of drug-likeness (QED) is 0.695. The minimum Gasteiger partial charge on any atom is -0.462 e. The zero-order valence-electron chi connectivity index (χ0n) is 10.3. The number of hydrogen-bond donors (Lipinski definition) is 0. The van der Waals surface area contributed by atoms with Gasteiger partial charge in [0.1, 0.15) is 0 Å². The first-order valence-corrected chi connectivity index (χ1v) is 5.39. The van der Waals surface area contributed by atoms with Gasteiger partial charge in [-0.05, 0) is 44.0 Å². The predicted molar refractivity (Wildman–Crippen MR) is 63.2 cm³/mol. The topological polar surface area (TPSA) is 26.3 Å². The van der Waals surface area contributed by atoms with Crippen LogP contribution < -0.4 is 0 Å². The smallest absolute Gasteiger partial charge is 0.338 e. The van der Waals surface area contributed by atoms with Crippen molar-refractivity contribution < 1.29 is 9.53 Å². The molecule has 0 spiro atoms. The van der Waals surface area contributed by atoms with Gasteiger partial charge in [0.05, 0.1) is 12.2 Å². The highest BCUT2D eigenvalue weighted by Gasteiger charge is 2.06. The van der Waals surface area contributed by atoms with Gasteiger partial charge in [0.25, 0.3) is 0 Å². The number of rotatable bonds is 2. The summed E-state index contributed by atoms with van der Waals surface area (Å²) in [6.45, 7) is 10.2. The van der Waals surface area contributed by atoms with Gasteiger partial charge in [-0.1, -0.05) is 19.9 Å². The molecule has 0 bridgehead atoms. The summed E-state index contributed by atoms with van der Waals surface area (Å²) in [5.41, 5.74) is 2.93. The fourth-order valence-electron chi connectivity index (χ4n) is 1.08. The highest BCUT2D eigenvalue weighted by Crippen LogP contribution is 2.10. The minimum absolute atomic E-state index is 0.245. The Morgan fingerprint density at radius 1 is 1.20 bits per heavy atom. The van der Waals surface area contributed by atoms with Gasteiger partial charge in [-0.25, -0.2) is 4.79 Å². The molecule has 1 aromatic rings. The van der Waals surface area contributed by atoms with E-state index in [1.54, 1.807) is 13.0 Å². The summed E-state index contributed by atoms with van der Waals surface area (Å²) in [5.74, 6) is -0.245. The zero-order valence-corrected chi connectivity index (χ0v) is 10.3. The molecule has 2 nitrogen and oxygen atoms in total. The largest absolute Gasteiger partial charge is 0.462 e. The van der Waals surface area contributed by atoms with Crippen LogP contribution in [0.5, 0.6) is 0 Å². The SMILES string of the molecule is CC.CCOC(=O)c1ccc(C)c(C)c1. The third kappa shape index (κ3) is 4.15. The summed E-state index contributed by atoms with van der Waals surface area (Å²) in [6.07, 6.45) is 0. The van der Waals surface area contributed by atoms with Gasteiger partial charge in [0.2, 0.25) is 0 Å². The Morgan fingerprint density at radius 2 is 1.80 bits per heavy atom. The molecular formula is C13H20O2. The summed E-state index contributed by atoms with van der Waals surface area (Å²) in [4.78, 5) is 11.3. The van der Waals surface area contributed by atoms with Crippen LogP contribution in [0.15, 0.2) is 18.2 Å². The molecule has 2 heteroatoms. The van der Waals surface area contributed by atoms with Gasteiger partial charge in [-0.2, -0.15) is 0 Å². The number of carbonyl (C=O) groups excluding carboxylic acids is 1. The Balaban J connectivity index is 0.000000921. The lowest BCUT2D eigenvalue weighted by atomic mass is 10.1. The van der Waals surface area contributed by atoms with Crippen molar-refractivity contribution in [3.8, 4) is 0 Å². The lowest BCUT2D eigenvalue weighted by Gasteiger charge is -2.04. The molecule has 0 saturated heterocycles. The number of benzene rings is 1. The molecule has 1 rings (SSSR count). The van der Waals surface area contributed by atoms with Crippen LogP contribution in [0.2, 0.25) is 0 Å². The van der Waals surface area contributed by atoms with E-state index in [4.69, 9.17) is 4.74 Å². The molecule has 84 valence electrons. The fraction of sp³-hybridized carbons (Fsp3) is 0.462. The van der Waals surface area contributed by atoms with E-state index in [2.05, 4.69) is 0 Å². The summed E-state index contributed by atoms with van der Waals surface area (Å²) in [6, 6.07) is 5.58. The predicted octanol–water partition coefficient (Wildman–Crippen LogP) is 3.51. The first kappa shape index (κ1) is 13.7. The van der Waals surface area contributed by atoms with Gasteiger partial charge in [-0.3, -0.25) is 0 Å². The molecule has 0 heterocycles. The first-order valence-electron chi connectivity index (χ1n) is 5.39. The molecule has 1 aromatic carbocycles. The van der Waals surface area contributed by atoms with Crippen LogP contribution in [-0.2, 0) is 4.74 Å². The van der Waals surface area contributed by atoms with Crippen LogP contribution in [0.1, 0.15) is 42.3 Å². The van der Waals surface area contributed by atoms with Crippen molar-refractivity contribution in [1.29, 1.82) is 0 Å². The van der Waals surface area contributed by atoms with Crippen molar-refractivity contribution in [1.82, 2.24) is 0 Å². The lowest BCUT2D eigenvalue weighted by Crippen LogP contribution is -2.04. The third-order valence-corrected chi connectivity index (χ3v) is 2.02. The van der Waals surface area contributed by atoms with Crippen LogP contribution in [0.25, 0.3) is 0 Å². The van der Waals surface area contributed by atoms with E-state index in [9.17, 15) is 4.79 Å². The second kappa shape index (κ2) is 7.04. The molecule has 0 unspecified atom stereocenters. The zero-order chi connectivity index (χ0) is 11.8. The standard InChI is InChI=1S/C11H14O2.C2H6/c1-4-13-11(12)10-6-5-8(2)9(3)7-10;1-2/h5-7H,4H2,1-3H3;1-2H3. The molecule has 0 fully saturated rings. The highest BCUT2D eigenvalue weighted by molar-refractivity contribution is 5.89. The molecular weight excluding hydrogens is 188 g/mol. The number of esters is 1. The average molecular weight is 208 g/mol. The Labute approximate surface area is 92.3 Å². The highest BCUT2D eigenvalue weighted by atomic mass is 16.5. The molecule has 0 aliphatic carbocycles. The Bertz CT molecular complexity index is 316. The normalized spacial score (nSPS) is 8.87. The van der Waals surface area contributed by atoms with E-state index in [0.717, 1.165) is 5.56 Å². The van der Waals surface area contributed by atoms with Gasteiger partial charge >= 0.3 is 5.97 Å². The van der Waals surface area contributed by atoms with Crippen molar-refractivity contribution in [2.24, 2.45) is 0 Å². The maximum absolute atomic E-state index is 11.3. The molecule has 0 radical (unpaired) electrons. The number of ether oxygens (including phenoxy) is 1. The van der Waals surface area contributed by atoms with Gasteiger partial charge in [-0.15, -0.1) is 0 Å². The van der Waals surface area contributed by atoms with Crippen molar-refractivity contribution in [2.75, 3.05) is 6.61 Å². The molecule has 0 aliphatic rings. The lowest BCUT2D eigenvalue weighted by molar-refractivity contribution is 0.0526. The maximum Gasteiger partial charge on any atom is 0.338 e. The molecule has 0 amide bonds. The maximum atomic E-state index is 11.3. The van der Waals surface area contributed by atoms with E-state index in [0.29, 0.717) is 12.2 Å². The third-order valence-electron chi connectivity index (χ3n) is 2.02. The number of hydrogen-bond acceptors (Lipinski definition) is 2. The van der Waals surface area contributed by atoms with Crippen LogP contribution >= 0.6 is 0 Å². The number of aryl methyl sites for hydroxylation is 2. The fourth-order valence-corrected chi connectivity index (χ4v) is 1.08. The Kier molecular flexibility index (Phi) is 6.43. The minimum atomic E-state index is -0.245. The molecule has 0 saturated carbocycles. The van der Waals surface area contributed by atoms with E-state index in [-0.39, 0.29) is 5.97 Å². The second-order valence-corrected chi connectivity index (χ2v) is 3.02. The molecule has 0 atom stereocenters. The molecule has 0 aromatic heterocycles. The van der Waals surface area contributed by atoms with Gasteiger partial charge < -0.3 is 4.74 Å².